The molecule has 0 heterocycles. The van der Waals surface area contributed by atoms with Gasteiger partial charge < -0.3 is 10.4 Å². The number of nitrogens with one attached hydrogen (secondary N) is 1. The Morgan fingerprint density at radius 1 is 1.32 bits per heavy atom. The average molecular weight is 329 g/mol. The summed E-state index contributed by atoms with van der Waals surface area (Å²) in [4.78, 5) is 24.3. The zero-order valence-electron chi connectivity index (χ0n) is 13.5. The van der Waals surface area contributed by atoms with E-state index in [1.807, 2.05) is 25.1 Å². The Hall–Kier alpha value is -1.59. The molecule has 0 atom stereocenters. The van der Waals surface area contributed by atoms with Crippen LogP contribution < -0.4 is 5.32 Å². The molecule has 0 aliphatic rings. The molecule has 0 saturated carbocycles. The first-order chi connectivity index (χ1) is 9.81. The number of benzene rings is 1. The average Bonchev–Trinajstić information content (AvgIpc) is 2.38. The van der Waals surface area contributed by atoms with Crippen LogP contribution in [0.3, 0.4) is 0 Å². The van der Waals surface area contributed by atoms with Crippen LogP contribution in [0.1, 0.15) is 37.3 Å². The third-order valence-corrected chi connectivity index (χ3v) is 3.31. The quantitative estimate of drug-likeness (QED) is 0.807. The zero-order valence-corrected chi connectivity index (χ0v) is 14.4. The highest BCUT2D eigenvalue weighted by atomic mass is 35.5. The van der Waals surface area contributed by atoms with Gasteiger partial charge in [-0.25, -0.2) is 0 Å². The zero-order chi connectivity index (χ0) is 16.0. The number of rotatable bonds is 7. The number of aliphatic carboxylic acids is 1. The molecule has 1 amide bonds. The van der Waals surface area contributed by atoms with Crippen molar-refractivity contribution in [2.75, 3.05) is 25.5 Å². The fourth-order valence-corrected chi connectivity index (χ4v) is 2.13. The lowest BCUT2D eigenvalue weighted by molar-refractivity contribution is -0.137. The summed E-state index contributed by atoms with van der Waals surface area (Å²) >= 11 is 0. The van der Waals surface area contributed by atoms with Crippen molar-refractivity contribution in [3.05, 3.63) is 29.3 Å². The second-order valence-corrected chi connectivity index (χ2v) is 5.62. The van der Waals surface area contributed by atoms with Gasteiger partial charge in [0.1, 0.15) is 0 Å². The van der Waals surface area contributed by atoms with Crippen molar-refractivity contribution in [2.24, 2.45) is 0 Å². The number of anilines is 1. The fraction of sp³-hybridized carbons (Fsp3) is 0.500. The molecule has 2 N–H and O–H groups in total. The summed E-state index contributed by atoms with van der Waals surface area (Å²) < 4.78 is 0. The van der Waals surface area contributed by atoms with Crippen LogP contribution in [-0.2, 0) is 9.59 Å². The summed E-state index contributed by atoms with van der Waals surface area (Å²) in [6, 6.07) is 5.97. The Kier molecular flexibility index (Phi) is 8.75. The van der Waals surface area contributed by atoms with Crippen molar-refractivity contribution in [3.63, 3.8) is 0 Å². The maximum Gasteiger partial charge on any atom is 0.304 e. The third-order valence-electron chi connectivity index (χ3n) is 3.31. The largest absolute Gasteiger partial charge is 0.481 e. The highest BCUT2D eigenvalue weighted by Crippen LogP contribution is 2.27. The lowest BCUT2D eigenvalue weighted by Crippen LogP contribution is -2.32. The number of carbonyl (C=O) groups excluding carboxylic acids is 1. The van der Waals surface area contributed by atoms with Gasteiger partial charge in [-0.3, -0.25) is 14.5 Å². The lowest BCUT2D eigenvalue weighted by atomic mass is 9.98. The molecule has 1 rings (SSSR count). The van der Waals surface area contributed by atoms with Gasteiger partial charge in [-0.05, 0) is 31.0 Å². The summed E-state index contributed by atoms with van der Waals surface area (Å²) in [5.74, 6) is -0.660. The number of carboxylic acids is 1. The number of carbonyl (C=O) groups is 2. The Balaban J connectivity index is 0.00000441. The molecule has 6 heteroatoms. The van der Waals surface area contributed by atoms with E-state index in [9.17, 15) is 9.59 Å². The number of hydrogen-bond acceptors (Lipinski definition) is 3. The summed E-state index contributed by atoms with van der Waals surface area (Å²) in [7, 11) is 1.74. The summed E-state index contributed by atoms with van der Waals surface area (Å²) in [6.07, 6.45) is 0.0331. The van der Waals surface area contributed by atoms with Gasteiger partial charge in [0.25, 0.3) is 0 Å². The van der Waals surface area contributed by atoms with Gasteiger partial charge in [0.05, 0.1) is 13.0 Å². The molecule has 0 aromatic heterocycles. The lowest BCUT2D eigenvalue weighted by Gasteiger charge is -2.19. The van der Waals surface area contributed by atoms with Crippen LogP contribution >= 0.6 is 12.4 Å². The van der Waals surface area contributed by atoms with Gasteiger partial charge in [-0.15, -0.1) is 12.4 Å². The van der Waals surface area contributed by atoms with Crippen molar-refractivity contribution in [1.82, 2.24) is 4.90 Å². The van der Waals surface area contributed by atoms with Crippen LogP contribution in [0.15, 0.2) is 18.2 Å². The van der Waals surface area contributed by atoms with Gasteiger partial charge in [-0.1, -0.05) is 32.0 Å². The van der Waals surface area contributed by atoms with Crippen LogP contribution in [0.25, 0.3) is 0 Å². The standard InChI is InChI=1S/C16H24N2O3.ClH/c1-11(2)13-7-5-6-12(3)16(13)17-14(19)10-18(4)9-8-15(20)21;/h5-7,11H,8-10H2,1-4H3,(H,17,19)(H,20,21);1H. The summed E-state index contributed by atoms with van der Waals surface area (Å²) in [6.45, 7) is 6.68. The minimum absolute atomic E-state index is 0. The van der Waals surface area contributed by atoms with Crippen LogP contribution in [0.2, 0.25) is 0 Å². The number of carboxylic acid groups (broad SMARTS) is 1. The highest BCUT2D eigenvalue weighted by molar-refractivity contribution is 5.93. The number of amides is 1. The molecule has 5 nitrogen and oxygen atoms in total. The van der Waals surface area contributed by atoms with E-state index in [0.29, 0.717) is 12.5 Å². The van der Waals surface area contributed by atoms with Gasteiger partial charge in [0, 0.05) is 12.2 Å². The van der Waals surface area contributed by atoms with Crippen molar-refractivity contribution < 1.29 is 14.7 Å². The van der Waals surface area contributed by atoms with E-state index >= 15 is 0 Å². The molecule has 0 aliphatic carbocycles. The van der Waals surface area contributed by atoms with Crippen molar-refractivity contribution in [1.29, 1.82) is 0 Å². The Bertz CT molecular complexity index is 518. The maximum atomic E-state index is 12.1. The Morgan fingerprint density at radius 2 is 1.95 bits per heavy atom. The smallest absolute Gasteiger partial charge is 0.304 e. The predicted octanol–water partition coefficient (Wildman–Crippen LogP) is 2.89. The van der Waals surface area contributed by atoms with Gasteiger partial charge in [-0.2, -0.15) is 0 Å². The number of aryl methyl sites for hydroxylation is 1. The van der Waals surface area contributed by atoms with Crippen molar-refractivity contribution >= 4 is 30.0 Å². The number of para-hydroxylation sites is 1. The minimum atomic E-state index is -0.858. The normalized spacial score (nSPS) is 10.5. The van der Waals surface area contributed by atoms with E-state index in [4.69, 9.17) is 5.11 Å². The van der Waals surface area contributed by atoms with E-state index in [1.165, 1.54) is 0 Å². The molecule has 0 saturated heterocycles. The van der Waals surface area contributed by atoms with Crippen molar-refractivity contribution in [3.8, 4) is 0 Å². The Morgan fingerprint density at radius 3 is 2.50 bits per heavy atom. The minimum Gasteiger partial charge on any atom is -0.481 e. The van der Waals surface area contributed by atoms with E-state index in [2.05, 4.69) is 19.2 Å². The molecule has 1 aromatic carbocycles. The second-order valence-electron chi connectivity index (χ2n) is 5.62. The molecule has 124 valence electrons. The first kappa shape index (κ1) is 20.4. The van der Waals surface area contributed by atoms with E-state index in [-0.39, 0.29) is 31.3 Å². The van der Waals surface area contributed by atoms with Crippen LogP contribution in [0, 0.1) is 6.92 Å². The first-order valence-corrected chi connectivity index (χ1v) is 7.11. The van der Waals surface area contributed by atoms with Crippen LogP contribution in [0.5, 0.6) is 0 Å². The van der Waals surface area contributed by atoms with E-state index in [0.717, 1.165) is 16.8 Å². The van der Waals surface area contributed by atoms with Gasteiger partial charge >= 0.3 is 5.97 Å². The molecule has 0 fully saturated rings. The SMILES string of the molecule is Cc1cccc(C(C)C)c1NC(=O)CN(C)CCC(=O)O.Cl. The number of likely N-dealkylation sites (N-methyl/N-ethyl adjacent to an activating group) is 1. The summed E-state index contributed by atoms with van der Waals surface area (Å²) in [5.41, 5.74) is 3.00. The topological polar surface area (TPSA) is 69.6 Å². The fourth-order valence-electron chi connectivity index (χ4n) is 2.13. The molecular weight excluding hydrogens is 304 g/mol. The van der Waals surface area contributed by atoms with Gasteiger partial charge in [0.15, 0.2) is 0 Å². The third kappa shape index (κ3) is 6.45. The maximum absolute atomic E-state index is 12.1. The first-order valence-electron chi connectivity index (χ1n) is 7.11. The molecule has 0 bridgehead atoms. The van der Waals surface area contributed by atoms with Crippen molar-refractivity contribution in [2.45, 2.75) is 33.1 Å². The van der Waals surface area contributed by atoms with Crippen LogP contribution in [0.4, 0.5) is 5.69 Å². The van der Waals surface area contributed by atoms with E-state index in [1.54, 1.807) is 11.9 Å². The molecule has 0 aliphatic heterocycles. The monoisotopic (exact) mass is 328 g/mol. The Labute approximate surface area is 138 Å². The molecule has 0 radical (unpaired) electrons. The molecule has 0 unspecified atom stereocenters. The van der Waals surface area contributed by atoms with Gasteiger partial charge in [0.2, 0.25) is 5.91 Å². The predicted molar refractivity (Wildman–Crippen MR) is 90.9 cm³/mol. The molecular formula is C16H25ClN2O3. The number of nitrogens with zero attached hydrogens (tertiary/aromatic N) is 1. The molecule has 22 heavy (non-hydrogen) atoms. The van der Waals surface area contributed by atoms with Crippen LogP contribution in [-0.4, -0.2) is 42.0 Å². The second kappa shape index (κ2) is 9.43. The number of hydrogen-bond donors (Lipinski definition) is 2. The molecule has 1 aromatic rings. The summed E-state index contributed by atoms with van der Waals surface area (Å²) in [5, 5.41) is 11.6. The molecule has 0 spiro atoms. The number of halogens is 1. The highest BCUT2D eigenvalue weighted by Gasteiger charge is 2.13. The van der Waals surface area contributed by atoms with E-state index < -0.39 is 5.97 Å².